The number of aryl methyl sites for hydroxylation is 1. The molecule has 194 valence electrons. The van der Waals surface area contributed by atoms with Crippen LogP contribution in [0.2, 0.25) is 10.2 Å². The van der Waals surface area contributed by atoms with Crippen molar-refractivity contribution in [2.45, 2.75) is 39.2 Å². The Morgan fingerprint density at radius 3 is 2.66 bits per heavy atom. The van der Waals surface area contributed by atoms with E-state index in [1.54, 1.807) is 23.2 Å². The van der Waals surface area contributed by atoms with E-state index in [1.165, 1.54) is 10.6 Å². The van der Waals surface area contributed by atoms with Gasteiger partial charge in [0, 0.05) is 31.2 Å². The summed E-state index contributed by atoms with van der Waals surface area (Å²) in [5.74, 6) is -0.308. The molecule has 3 aromatic heterocycles. The van der Waals surface area contributed by atoms with E-state index in [0.717, 1.165) is 5.56 Å². The van der Waals surface area contributed by atoms with E-state index in [1.807, 2.05) is 25.7 Å². The minimum atomic E-state index is -0.569. The van der Waals surface area contributed by atoms with Crippen molar-refractivity contribution >= 4 is 45.8 Å². The van der Waals surface area contributed by atoms with Crippen molar-refractivity contribution in [2.24, 2.45) is 0 Å². The zero-order chi connectivity index (χ0) is 27.7. The second kappa shape index (κ2) is 10.8. The van der Waals surface area contributed by atoms with Crippen LogP contribution in [0.4, 0.5) is 5.69 Å². The lowest BCUT2D eigenvalue weighted by atomic mass is 10.0. The highest BCUT2D eigenvalue weighted by Crippen LogP contribution is 2.36. The van der Waals surface area contributed by atoms with Crippen LogP contribution in [-0.4, -0.2) is 51.0 Å². The molecule has 9 nitrogen and oxygen atoms in total. The molecule has 1 saturated heterocycles. The predicted octanol–water partition coefficient (Wildman–Crippen LogP) is 4.51. The summed E-state index contributed by atoms with van der Waals surface area (Å²) in [6.07, 6.45) is 2.97. The monoisotopic (exact) mass is 549 g/mol. The number of hydrogen-bond donors (Lipinski definition) is 0. The number of anilines is 1. The number of carbonyl (C=O) groups excluding carboxylic acids is 1. The Labute approximate surface area is 230 Å². The van der Waals surface area contributed by atoms with Gasteiger partial charge in [-0.15, -0.1) is 0 Å². The number of rotatable bonds is 5. The Kier molecular flexibility index (Phi) is 7.73. The van der Waals surface area contributed by atoms with Crippen LogP contribution < -0.4 is 10.5 Å². The molecule has 0 radical (unpaired) electrons. The van der Waals surface area contributed by atoms with E-state index in [-0.39, 0.29) is 52.7 Å². The van der Waals surface area contributed by atoms with Crippen molar-refractivity contribution in [1.82, 2.24) is 19.4 Å². The highest BCUT2D eigenvalue weighted by Gasteiger charge is 2.33. The second-order valence-electron chi connectivity index (χ2n) is 9.32. The number of piperazine rings is 1. The maximum absolute atomic E-state index is 14.1. The van der Waals surface area contributed by atoms with Crippen molar-refractivity contribution in [1.29, 1.82) is 10.5 Å². The van der Waals surface area contributed by atoms with Crippen LogP contribution in [0.3, 0.4) is 0 Å². The highest BCUT2D eigenvalue weighted by atomic mass is 35.5. The lowest BCUT2D eigenvalue weighted by molar-refractivity contribution is -0.128. The number of fused-ring (bicyclic) bond motifs is 1. The van der Waals surface area contributed by atoms with E-state index < -0.39 is 11.6 Å². The van der Waals surface area contributed by atoms with Gasteiger partial charge in [0.15, 0.2) is 5.65 Å². The van der Waals surface area contributed by atoms with Gasteiger partial charge in [0.05, 0.1) is 40.6 Å². The van der Waals surface area contributed by atoms with Gasteiger partial charge in [-0.3, -0.25) is 19.1 Å². The largest absolute Gasteiger partial charge is 0.366 e. The maximum Gasteiger partial charge on any atom is 0.276 e. The molecule has 0 aliphatic carbocycles. The van der Waals surface area contributed by atoms with Crippen LogP contribution in [0.1, 0.15) is 43.0 Å². The van der Waals surface area contributed by atoms with Gasteiger partial charge in [-0.25, -0.2) is 4.98 Å². The van der Waals surface area contributed by atoms with E-state index >= 15 is 0 Å². The first kappa shape index (κ1) is 27.1. The van der Waals surface area contributed by atoms with Crippen LogP contribution in [-0.2, 0) is 4.79 Å². The summed E-state index contributed by atoms with van der Waals surface area (Å²) in [7, 11) is 0. The van der Waals surface area contributed by atoms with Crippen LogP contribution in [0.5, 0.6) is 0 Å². The van der Waals surface area contributed by atoms with E-state index in [4.69, 9.17) is 23.2 Å². The molecule has 1 aliphatic rings. The molecule has 1 aliphatic heterocycles. The smallest absolute Gasteiger partial charge is 0.276 e. The Balaban J connectivity index is 2.05. The van der Waals surface area contributed by atoms with Crippen LogP contribution >= 0.6 is 23.2 Å². The standard InChI is InChI=1S/C27H25Cl2N7O2/c1-5-21(37)35-11-10-34(14-17(35)6-8-30)24-18-12-20(28)25(29)33-26(18)36(27(38)19(24)13-31)23-16(4)7-9-32-22(23)15(2)3/h5,7,9,12,15,17H,1,6,10-11,14H2,2-4H3/t17-/m0/s1. The molecule has 11 heteroatoms. The van der Waals surface area contributed by atoms with Crippen LogP contribution in [0, 0.1) is 29.6 Å². The van der Waals surface area contributed by atoms with Gasteiger partial charge in [-0.1, -0.05) is 43.6 Å². The van der Waals surface area contributed by atoms with Crippen molar-refractivity contribution in [3.63, 3.8) is 0 Å². The summed E-state index contributed by atoms with van der Waals surface area (Å²) < 4.78 is 1.39. The number of aromatic nitrogens is 3. The SMILES string of the molecule is C=CC(=O)N1CCN(c2c(C#N)c(=O)n(-c3c(C)ccnc3C(C)C)c3nc(Cl)c(Cl)cc23)C[C@@H]1CC#N. The summed E-state index contributed by atoms with van der Waals surface area (Å²) in [5, 5.41) is 20.3. The van der Waals surface area contributed by atoms with Crippen molar-refractivity contribution in [3.05, 3.63) is 68.3 Å². The average molecular weight is 550 g/mol. The number of pyridine rings is 3. The molecule has 1 amide bonds. The first-order valence-corrected chi connectivity index (χ1v) is 12.8. The van der Waals surface area contributed by atoms with Crippen LogP contribution in [0.25, 0.3) is 16.7 Å². The first-order valence-electron chi connectivity index (χ1n) is 12.0. The number of amides is 1. The third-order valence-electron chi connectivity index (χ3n) is 6.65. The molecule has 38 heavy (non-hydrogen) atoms. The fourth-order valence-corrected chi connectivity index (χ4v) is 5.20. The topological polar surface area (TPSA) is 119 Å². The average Bonchev–Trinajstić information content (AvgIpc) is 2.89. The minimum absolute atomic E-state index is 0.0133. The molecular weight excluding hydrogens is 525 g/mol. The number of hydrogen-bond acceptors (Lipinski definition) is 7. The number of halogens is 2. The zero-order valence-corrected chi connectivity index (χ0v) is 22.7. The predicted molar refractivity (Wildman–Crippen MR) is 147 cm³/mol. The highest BCUT2D eigenvalue weighted by molar-refractivity contribution is 6.41. The van der Waals surface area contributed by atoms with Gasteiger partial charge in [0.1, 0.15) is 16.8 Å². The number of nitriles is 2. The normalized spacial score (nSPS) is 15.4. The molecule has 1 atom stereocenters. The summed E-state index contributed by atoms with van der Waals surface area (Å²) in [4.78, 5) is 38.9. The molecule has 0 unspecified atom stereocenters. The third-order valence-corrected chi connectivity index (χ3v) is 7.33. The van der Waals surface area contributed by atoms with E-state index in [2.05, 4.69) is 28.7 Å². The second-order valence-corrected chi connectivity index (χ2v) is 10.1. The molecule has 0 spiro atoms. The Morgan fingerprint density at radius 2 is 2.03 bits per heavy atom. The zero-order valence-electron chi connectivity index (χ0n) is 21.2. The minimum Gasteiger partial charge on any atom is -0.366 e. The fourth-order valence-electron chi connectivity index (χ4n) is 4.91. The first-order chi connectivity index (χ1) is 18.1. The van der Waals surface area contributed by atoms with E-state index in [0.29, 0.717) is 29.0 Å². The van der Waals surface area contributed by atoms with Gasteiger partial charge in [0.25, 0.3) is 5.56 Å². The van der Waals surface area contributed by atoms with Crippen molar-refractivity contribution in [2.75, 3.05) is 24.5 Å². The van der Waals surface area contributed by atoms with Crippen molar-refractivity contribution in [3.8, 4) is 17.8 Å². The Hall–Kier alpha value is -3.92. The van der Waals surface area contributed by atoms with Gasteiger partial charge >= 0.3 is 0 Å². The van der Waals surface area contributed by atoms with Crippen LogP contribution in [0.15, 0.2) is 35.8 Å². The number of nitrogens with zero attached hydrogens (tertiary/aromatic N) is 7. The number of carbonyl (C=O) groups is 1. The summed E-state index contributed by atoms with van der Waals surface area (Å²) in [6.45, 7) is 10.2. The summed E-state index contributed by atoms with van der Waals surface area (Å²) in [6, 6.07) is 7.14. The summed E-state index contributed by atoms with van der Waals surface area (Å²) >= 11 is 12.7. The quantitative estimate of drug-likeness (QED) is 0.339. The molecule has 4 heterocycles. The van der Waals surface area contributed by atoms with Gasteiger partial charge in [-0.2, -0.15) is 10.5 Å². The van der Waals surface area contributed by atoms with E-state index in [9.17, 15) is 20.1 Å². The van der Waals surface area contributed by atoms with Gasteiger partial charge in [-0.05, 0) is 36.6 Å². The Morgan fingerprint density at radius 1 is 1.29 bits per heavy atom. The van der Waals surface area contributed by atoms with Gasteiger partial charge < -0.3 is 9.80 Å². The maximum atomic E-state index is 14.1. The molecule has 0 aromatic carbocycles. The van der Waals surface area contributed by atoms with Crippen molar-refractivity contribution < 1.29 is 4.79 Å². The molecular formula is C27H25Cl2N7O2. The Bertz CT molecular complexity index is 1600. The van der Waals surface area contributed by atoms with Gasteiger partial charge in [0.2, 0.25) is 5.91 Å². The molecule has 1 fully saturated rings. The third kappa shape index (κ3) is 4.60. The molecule has 3 aromatic rings. The lowest BCUT2D eigenvalue weighted by Crippen LogP contribution is -2.55. The summed E-state index contributed by atoms with van der Waals surface area (Å²) in [5.41, 5.74) is 1.89. The lowest BCUT2D eigenvalue weighted by Gasteiger charge is -2.41. The fraction of sp³-hybridized carbons (Fsp3) is 0.333. The molecule has 0 N–H and O–H groups in total. The molecule has 0 saturated carbocycles. The molecule has 4 rings (SSSR count). The molecule has 0 bridgehead atoms.